The third-order valence-corrected chi connectivity index (χ3v) is 3.12. The second kappa shape index (κ2) is 6.34. The van der Waals surface area contributed by atoms with E-state index in [1.165, 1.54) is 19.3 Å². The molecule has 1 saturated heterocycles. The van der Waals surface area contributed by atoms with Crippen molar-refractivity contribution in [3.63, 3.8) is 0 Å². The van der Waals surface area contributed by atoms with Crippen LogP contribution in [0.2, 0.25) is 0 Å². The molecule has 3 heteroatoms. The summed E-state index contributed by atoms with van der Waals surface area (Å²) in [5, 5.41) is 6.78. The zero-order valence-electron chi connectivity index (χ0n) is 10.9. The number of hydrazone groups is 1. The number of nitrogens with zero attached hydrogens (tertiary/aromatic N) is 2. The molecule has 1 heterocycles. The fourth-order valence-corrected chi connectivity index (χ4v) is 2.21. The van der Waals surface area contributed by atoms with Gasteiger partial charge in [0.1, 0.15) is 5.78 Å². The molecule has 0 amide bonds. The highest BCUT2D eigenvalue weighted by atomic mass is 16.1. The van der Waals surface area contributed by atoms with Gasteiger partial charge in [-0.15, -0.1) is 0 Å². The molecule has 3 nitrogen and oxygen atoms in total. The normalized spacial score (nSPS) is 16.7. The monoisotopic (exact) mass is 244 g/mol. The van der Waals surface area contributed by atoms with Gasteiger partial charge in [-0.25, -0.2) is 0 Å². The lowest BCUT2D eigenvalue weighted by Crippen LogP contribution is -2.26. The first kappa shape index (κ1) is 12.8. The van der Waals surface area contributed by atoms with Crippen molar-refractivity contribution in [2.75, 3.05) is 13.1 Å². The van der Waals surface area contributed by atoms with Gasteiger partial charge in [0.15, 0.2) is 0 Å². The minimum Gasteiger partial charge on any atom is -0.300 e. The van der Waals surface area contributed by atoms with Crippen LogP contribution in [0.1, 0.15) is 38.2 Å². The molecular weight excluding hydrogens is 224 g/mol. The van der Waals surface area contributed by atoms with Crippen LogP contribution in [0, 0.1) is 0 Å². The Bertz CT molecular complexity index is 419. The van der Waals surface area contributed by atoms with E-state index in [0.717, 1.165) is 24.4 Å². The second-order valence-electron chi connectivity index (χ2n) is 4.81. The van der Waals surface area contributed by atoms with Gasteiger partial charge in [0.05, 0.1) is 12.1 Å². The standard InChI is InChI=1S/C15H20N2O/c1-13(18)12-15(14-8-4-2-5-9-14)16-17-10-6-3-7-11-17/h2,4-5,8-9H,3,6-7,10-12H2,1H3/b16-15+. The van der Waals surface area contributed by atoms with E-state index in [2.05, 4.69) is 10.1 Å². The SMILES string of the molecule is CC(=O)C/C(=N\N1CCCCC1)c1ccccc1. The maximum Gasteiger partial charge on any atom is 0.135 e. The van der Waals surface area contributed by atoms with E-state index in [1.807, 2.05) is 30.3 Å². The summed E-state index contributed by atoms with van der Waals surface area (Å²) in [6.45, 7) is 3.64. The van der Waals surface area contributed by atoms with E-state index >= 15 is 0 Å². The number of Topliss-reactive ketones (excluding diaryl/α,β-unsaturated/α-hetero) is 1. The summed E-state index contributed by atoms with van der Waals surface area (Å²) >= 11 is 0. The Hall–Kier alpha value is -1.64. The summed E-state index contributed by atoms with van der Waals surface area (Å²) in [5.74, 6) is 0.162. The van der Waals surface area contributed by atoms with Crippen molar-refractivity contribution in [3.8, 4) is 0 Å². The smallest absolute Gasteiger partial charge is 0.135 e. The quantitative estimate of drug-likeness (QED) is 0.763. The Morgan fingerprint density at radius 3 is 2.44 bits per heavy atom. The molecule has 1 aromatic carbocycles. The highest BCUT2D eigenvalue weighted by Crippen LogP contribution is 2.12. The summed E-state index contributed by atoms with van der Waals surface area (Å²) in [5.41, 5.74) is 1.95. The maximum absolute atomic E-state index is 11.4. The summed E-state index contributed by atoms with van der Waals surface area (Å²) in [6.07, 6.45) is 4.11. The highest BCUT2D eigenvalue weighted by Gasteiger charge is 2.11. The molecule has 0 spiro atoms. The Kier molecular flexibility index (Phi) is 4.51. The van der Waals surface area contributed by atoms with Crippen molar-refractivity contribution in [1.82, 2.24) is 5.01 Å². The van der Waals surface area contributed by atoms with Gasteiger partial charge >= 0.3 is 0 Å². The van der Waals surface area contributed by atoms with Crippen LogP contribution in [0.25, 0.3) is 0 Å². The average molecular weight is 244 g/mol. The van der Waals surface area contributed by atoms with Gasteiger partial charge in [0, 0.05) is 13.1 Å². The first-order valence-corrected chi connectivity index (χ1v) is 6.63. The predicted molar refractivity (Wildman–Crippen MR) is 73.7 cm³/mol. The summed E-state index contributed by atoms with van der Waals surface area (Å²) in [7, 11) is 0. The molecule has 1 aliphatic rings. The topological polar surface area (TPSA) is 32.7 Å². The molecule has 0 atom stereocenters. The molecule has 18 heavy (non-hydrogen) atoms. The molecule has 2 rings (SSSR count). The molecule has 1 aromatic rings. The third-order valence-electron chi connectivity index (χ3n) is 3.12. The summed E-state index contributed by atoms with van der Waals surface area (Å²) in [4.78, 5) is 11.4. The molecule has 0 N–H and O–H groups in total. The zero-order valence-corrected chi connectivity index (χ0v) is 10.9. The minimum absolute atomic E-state index is 0.162. The lowest BCUT2D eigenvalue weighted by molar-refractivity contribution is -0.115. The van der Waals surface area contributed by atoms with Crippen molar-refractivity contribution in [2.24, 2.45) is 5.10 Å². The molecule has 0 radical (unpaired) electrons. The van der Waals surface area contributed by atoms with Gasteiger partial charge in [0.2, 0.25) is 0 Å². The van der Waals surface area contributed by atoms with Crippen LogP contribution in [0.15, 0.2) is 35.4 Å². The van der Waals surface area contributed by atoms with Gasteiger partial charge in [-0.2, -0.15) is 5.10 Å². The van der Waals surface area contributed by atoms with Gasteiger partial charge in [0.25, 0.3) is 0 Å². The first-order chi connectivity index (χ1) is 8.75. The molecule has 0 aliphatic carbocycles. The van der Waals surface area contributed by atoms with Crippen LogP contribution in [0.4, 0.5) is 0 Å². The molecule has 0 aromatic heterocycles. The number of carbonyl (C=O) groups is 1. The zero-order chi connectivity index (χ0) is 12.8. The molecule has 0 saturated carbocycles. The maximum atomic E-state index is 11.4. The average Bonchev–Trinajstić information content (AvgIpc) is 2.40. The molecule has 0 unspecified atom stereocenters. The van der Waals surface area contributed by atoms with Crippen LogP contribution in [0.5, 0.6) is 0 Å². The Morgan fingerprint density at radius 2 is 1.83 bits per heavy atom. The van der Waals surface area contributed by atoms with Crippen LogP contribution in [-0.4, -0.2) is 29.6 Å². The molecule has 96 valence electrons. The number of carbonyl (C=O) groups excluding carboxylic acids is 1. The van der Waals surface area contributed by atoms with Gasteiger partial charge < -0.3 is 0 Å². The number of benzene rings is 1. The van der Waals surface area contributed by atoms with E-state index < -0.39 is 0 Å². The van der Waals surface area contributed by atoms with Crippen molar-refractivity contribution in [3.05, 3.63) is 35.9 Å². The van der Waals surface area contributed by atoms with E-state index in [9.17, 15) is 4.79 Å². The summed E-state index contributed by atoms with van der Waals surface area (Å²) in [6, 6.07) is 10.00. The Balaban J connectivity index is 2.18. The minimum atomic E-state index is 0.162. The number of hydrogen-bond acceptors (Lipinski definition) is 3. The molecule has 1 fully saturated rings. The Labute approximate surface area is 108 Å². The first-order valence-electron chi connectivity index (χ1n) is 6.63. The van der Waals surface area contributed by atoms with Gasteiger partial charge in [-0.3, -0.25) is 9.80 Å². The molecule has 0 bridgehead atoms. The van der Waals surface area contributed by atoms with Crippen molar-refractivity contribution < 1.29 is 4.79 Å². The fraction of sp³-hybridized carbons (Fsp3) is 0.467. The third kappa shape index (κ3) is 3.69. The predicted octanol–water partition coefficient (Wildman–Crippen LogP) is 2.86. The molecular formula is C15H20N2O. The van der Waals surface area contributed by atoms with Crippen molar-refractivity contribution >= 4 is 11.5 Å². The second-order valence-corrected chi connectivity index (χ2v) is 4.81. The van der Waals surface area contributed by atoms with Crippen LogP contribution >= 0.6 is 0 Å². The number of rotatable bonds is 4. The van der Waals surface area contributed by atoms with Gasteiger partial charge in [-0.05, 0) is 31.7 Å². The highest BCUT2D eigenvalue weighted by molar-refractivity contribution is 6.10. The van der Waals surface area contributed by atoms with E-state index in [4.69, 9.17) is 0 Å². The Morgan fingerprint density at radius 1 is 1.17 bits per heavy atom. The van der Waals surface area contributed by atoms with Crippen molar-refractivity contribution in [2.45, 2.75) is 32.6 Å². The molecule has 1 aliphatic heterocycles. The number of hydrogen-bond donors (Lipinski definition) is 0. The lowest BCUT2D eigenvalue weighted by Gasteiger charge is -2.24. The van der Waals surface area contributed by atoms with Crippen LogP contribution in [-0.2, 0) is 4.79 Å². The van der Waals surface area contributed by atoms with Crippen molar-refractivity contribution in [1.29, 1.82) is 0 Å². The van der Waals surface area contributed by atoms with Gasteiger partial charge in [-0.1, -0.05) is 30.3 Å². The van der Waals surface area contributed by atoms with E-state index in [-0.39, 0.29) is 5.78 Å². The lowest BCUT2D eigenvalue weighted by atomic mass is 10.1. The van der Waals surface area contributed by atoms with E-state index in [1.54, 1.807) is 6.92 Å². The number of ketones is 1. The fourth-order valence-electron chi connectivity index (χ4n) is 2.21. The van der Waals surface area contributed by atoms with Crippen LogP contribution < -0.4 is 0 Å². The van der Waals surface area contributed by atoms with Crippen LogP contribution in [0.3, 0.4) is 0 Å². The number of piperidine rings is 1. The largest absolute Gasteiger partial charge is 0.300 e. The summed E-state index contributed by atoms with van der Waals surface area (Å²) < 4.78 is 0. The van der Waals surface area contributed by atoms with E-state index in [0.29, 0.717) is 6.42 Å².